The Bertz CT molecular complexity index is 531. The Balaban J connectivity index is 2.64. The van der Waals surface area contributed by atoms with Crippen LogP contribution in [0.2, 0.25) is 0 Å². The molecular weight excluding hydrogens is 216 g/mol. The SMILES string of the molecule is COc1cccc2c1cc(C(O)C(C)N)n2C. The molecule has 0 amide bonds. The van der Waals surface area contributed by atoms with E-state index in [1.165, 1.54) is 0 Å². The molecule has 0 saturated carbocycles. The van der Waals surface area contributed by atoms with Crippen LogP contribution in [0.25, 0.3) is 10.9 Å². The summed E-state index contributed by atoms with van der Waals surface area (Å²) >= 11 is 0. The molecule has 2 rings (SSSR count). The van der Waals surface area contributed by atoms with Gasteiger partial charge in [0.1, 0.15) is 11.9 Å². The van der Waals surface area contributed by atoms with Crippen molar-refractivity contribution in [2.24, 2.45) is 12.8 Å². The zero-order valence-corrected chi connectivity index (χ0v) is 10.3. The summed E-state index contributed by atoms with van der Waals surface area (Å²) in [7, 11) is 3.56. The third-order valence-corrected chi connectivity index (χ3v) is 3.10. The summed E-state index contributed by atoms with van der Waals surface area (Å²) in [6.07, 6.45) is -0.669. The summed E-state index contributed by atoms with van der Waals surface area (Å²) in [4.78, 5) is 0. The molecule has 1 aromatic carbocycles. The first-order valence-electron chi connectivity index (χ1n) is 5.62. The standard InChI is InChI=1S/C13H18N2O2/c1-8(14)13(16)11-7-9-10(15(11)2)5-4-6-12(9)17-3/h4-8,13,16H,14H2,1-3H3. The summed E-state index contributed by atoms with van der Waals surface area (Å²) in [5.74, 6) is 0.807. The van der Waals surface area contributed by atoms with Crippen molar-refractivity contribution in [1.29, 1.82) is 0 Å². The van der Waals surface area contributed by atoms with Crippen LogP contribution >= 0.6 is 0 Å². The van der Waals surface area contributed by atoms with Gasteiger partial charge in [-0.1, -0.05) is 6.07 Å². The minimum Gasteiger partial charge on any atom is -0.496 e. The number of hydrogen-bond donors (Lipinski definition) is 2. The van der Waals surface area contributed by atoms with Crippen molar-refractivity contribution in [3.63, 3.8) is 0 Å². The quantitative estimate of drug-likeness (QED) is 0.847. The van der Waals surface area contributed by atoms with Crippen LogP contribution in [-0.2, 0) is 7.05 Å². The fourth-order valence-corrected chi connectivity index (χ4v) is 2.08. The Morgan fingerprint density at radius 1 is 1.41 bits per heavy atom. The van der Waals surface area contributed by atoms with Crippen molar-refractivity contribution in [1.82, 2.24) is 4.57 Å². The molecule has 0 aliphatic rings. The lowest BCUT2D eigenvalue weighted by Gasteiger charge is -2.15. The van der Waals surface area contributed by atoms with E-state index in [1.807, 2.05) is 35.9 Å². The minimum absolute atomic E-state index is 0.302. The van der Waals surface area contributed by atoms with Crippen LogP contribution in [0.4, 0.5) is 0 Å². The maximum absolute atomic E-state index is 10.1. The topological polar surface area (TPSA) is 60.4 Å². The van der Waals surface area contributed by atoms with Gasteiger partial charge in [-0.3, -0.25) is 0 Å². The number of aliphatic hydroxyl groups is 1. The van der Waals surface area contributed by atoms with Gasteiger partial charge in [-0.2, -0.15) is 0 Å². The van der Waals surface area contributed by atoms with Gasteiger partial charge < -0.3 is 20.1 Å². The lowest BCUT2D eigenvalue weighted by molar-refractivity contribution is 0.146. The first kappa shape index (κ1) is 12.0. The fraction of sp³-hybridized carbons (Fsp3) is 0.385. The highest BCUT2D eigenvalue weighted by atomic mass is 16.5. The van der Waals surface area contributed by atoms with E-state index in [9.17, 15) is 5.11 Å². The van der Waals surface area contributed by atoms with Crippen molar-refractivity contribution < 1.29 is 9.84 Å². The van der Waals surface area contributed by atoms with Crippen molar-refractivity contribution in [3.05, 3.63) is 30.0 Å². The Labute approximate surface area is 101 Å². The molecule has 4 nitrogen and oxygen atoms in total. The number of methoxy groups -OCH3 is 1. The number of nitrogens with zero attached hydrogens (tertiary/aromatic N) is 1. The lowest BCUT2D eigenvalue weighted by atomic mass is 10.1. The predicted octanol–water partition coefficient (Wildman–Crippen LogP) is 1.57. The molecule has 0 aliphatic heterocycles. The fourth-order valence-electron chi connectivity index (χ4n) is 2.08. The second-order valence-electron chi connectivity index (χ2n) is 4.33. The van der Waals surface area contributed by atoms with Gasteiger partial charge in [0.05, 0.1) is 12.6 Å². The Morgan fingerprint density at radius 3 is 2.71 bits per heavy atom. The maximum Gasteiger partial charge on any atom is 0.128 e. The number of hydrogen-bond acceptors (Lipinski definition) is 3. The number of benzene rings is 1. The predicted molar refractivity (Wildman–Crippen MR) is 68.1 cm³/mol. The third kappa shape index (κ3) is 1.90. The highest BCUT2D eigenvalue weighted by Gasteiger charge is 2.18. The average Bonchev–Trinajstić information content (AvgIpc) is 2.66. The average molecular weight is 234 g/mol. The van der Waals surface area contributed by atoms with Crippen molar-refractivity contribution in [2.45, 2.75) is 19.1 Å². The van der Waals surface area contributed by atoms with Crippen molar-refractivity contribution in [2.75, 3.05) is 7.11 Å². The second kappa shape index (κ2) is 4.39. The van der Waals surface area contributed by atoms with Gasteiger partial charge in [-0.15, -0.1) is 0 Å². The molecule has 1 heterocycles. The van der Waals surface area contributed by atoms with E-state index in [0.717, 1.165) is 22.3 Å². The van der Waals surface area contributed by atoms with Gasteiger partial charge in [0.2, 0.25) is 0 Å². The summed E-state index contributed by atoms with van der Waals surface area (Å²) in [5, 5.41) is 11.0. The first-order chi connectivity index (χ1) is 8.06. The zero-order chi connectivity index (χ0) is 12.6. The minimum atomic E-state index is -0.669. The Kier molecular flexibility index (Phi) is 3.09. The lowest BCUT2D eigenvalue weighted by Crippen LogP contribution is -2.25. The van der Waals surface area contributed by atoms with Gasteiger partial charge in [0, 0.05) is 24.2 Å². The van der Waals surface area contributed by atoms with Crippen LogP contribution in [0.1, 0.15) is 18.7 Å². The first-order valence-corrected chi connectivity index (χ1v) is 5.62. The van der Waals surface area contributed by atoms with Crippen LogP contribution in [0, 0.1) is 0 Å². The van der Waals surface area contributed by atoms with Gasteiger partial charge in [-0.25, -0.2) is 0 Å². The molecule has 3 N–H and O–H groups in total. The normalized spacial score (nSPS) is 14.9. The molecule has 2 atom stereocenters. The highest BCUT2D eigenvalue weighted by molar-refractivity contribution is 5.87. The van der Waals surface area contributed by atoms with E-state index in [-0.39, 0.29) is 6.04 Å². The smallest absolute Gasteiger partial charge is 0.128 e. The largest absolute Gasteiger partial charge is 0.496 e. The molecule has 0 fully saturated rings. The van der Waals surface area contributed by atoms with Crippen molar-refractivity contribution >= 4 is 10.9 Å². The number of aromatic nitrogens is 1. The van der Waals surface area contributed by atoms with E-state index in [1.54, 1.807) is 14.0 Å². The third-order valence-electron chi connectivity index (χ3n) is 3.10. The van der Waals surface area contributed by atoms with E-state index < -0.39 is 6.10 Å². The molecular formula is C13H18N2O2. The molecule has 0 spiro atoms. The Hall–Kier alpha value is -1.52. The number of aryl methyl sites for hydroxylation is 1. The summed E-state index contributed by atoms with van der Waals surface area (Å²) in [6.45, 7) is 1.79. The van der Waals surface area contributed by atoms with E-state index in [4.69, 9.17) is 10.5 Å². The van der Waals surface area contributed by atoms with E-state index in [2.05, 4.69) is 0 Å². The molecule has 0 saturated heterocycles. The maximum atomic E-state index is 10.1. The van der Waals surface area contributed by atoms with Crippen LogP contribution in [-0.4, -0.2) is 22.8 Å². The summed E-state index contributed by atoms with van der Waals surface area (Å²) in [6, 6.07) is 7.47. The molecule has 1 aromatic heterocycles. The van der Waals surface area contributed by atoms with E-state index >= 15 is 0 Å². The van der Waals surface area contributed by atoms with Crippen LogP contribution < -0.4 is 10.5 Å². The number of nitrogens with two attached hydrogens (primary N) is 1. The molecule has 2 aromatic rings. The second-order valence-corrected chi connectivity index (χ2v) is 4.33. The molecule has 92 valence electrons. The van der Waals surface area contributed by atoms with Gasteiger partial charge in [0.15, 0.2) is 0 Å². The number of aliphatic hydroxyl groups excluding tert-OH is 1. The summed E-state index contributed by atoms with van der Waals surface area (Å²) < 4.78 is 7.26. The molecule has 0 aliphatic carbocycles. The zero-order valence-electron chi connectivity index (χ0n) is 10.3. The van der Waals surface area contributed by atoms with Crippen molar-refractivity contribution in [3.8, 4) is 5.75 Å². The number of rotatable bonds is 3. The molecule has 17 heavy (non-hydrogen) atoms. The molecule has 0 bridgehead atoms. The van der Waals surface area contributed by atoms with Gasteiger partial charge in [0.25, 0.3) is 0 Å². The van der Waals surface area contributed by atoms with Gasteiger partial charge >= 0.3 is 0 Å². The molecule has 4 heteroatoms. The van der Waals surface area contributed by atoms with Crippen LogP contribution in [0.15, 0.2) is 24.3 Å². The number of ether oxygens (including phenoxy) is 1. The van der Waals surface area contributed by atoms with Crippen LogP contribution in [0.3, 0.4) is 0 Å². The monoisotopic (exact) mass is 234 g/mol. The van der Waals surface area contributed by atoms with Gasteiger partial charge in [-0.05, 0) is 25.1 Å². The Morgan fingerprint density at radius 2 is 2.12 bits per heavy atom. The summed E-state index contributed by atoms with van der Waals surface area (Å²) in [5.41, 5.74) is 7.57. The molecule has 0 radical (unpaired) electrons. The molecule has 2 unspecified atom stereocenters. The van der Waals surface area contributed by atoms with E-state index in [0.29, 0.717) is 0 Å². The highest BCUT2D eigenvalue weighted by Crippen LogP contribution is 2.30. The van der Waals surface area contributed by atoms with Crippen LogP contribution in [0.5, 0.6) is 5.75 Å². The number of fused-ring (bicyclic) bond motifs is 1.